The van der Waals surface area contributed by atoms with Crippen LogP contribution in [0.3, 0.4) is 0 Å². The van der Waals surface area contributed by atoms with Crippen molar-refractivity contribution in [3.8, 4) is 0 Å². The van der Waals surface area contributed by atoms with Gasteiger partial charge in [0.1, 0.15) is 0 Å². The average Bonchev–Trinajstić information content (AvgIpc) is 3.15. The lowest BCUT2D eigenvalue weighted by Crippen LogP contribution is -2.42. The number of esters is 1. The Morgan fingerprint density at radius 1 is 1.23 bits per heavy atom. The highest BCUT2D eigenvalue weighted by molar-refractivity contribution is 5.97. The molecule has 9 nitrogen and oxygen atoms in total. The number of aryl methyl sites for hydroxylation is 2. The third-order valence-corrected chi connectivity index (χ3v) is 7.80. The molecule has 4 heterocycles. The first-order valence-electron chi connectivity index (χ1n) is 13.2. The highest BCUT2D eigenvalue weighted by Gasteiger charge is 2.39. The van der Waals surface area contributed by atoms with Gasteiger partial charge in [0.2, 0.25) is 5.91 Å². The Morgan fingerprint density at radius 3 is 2.60 bits per heavy atom. The average molecular weight is 489 g/mol. The fraction of sp³-hybridized carbons (Fsp3) is 0.769. The maximum absolute atomic E-state index is 12.9. The largest absolute Gasteiger partial charge is 0.465 e. The Hall–Kier alpha value is -2.42. The van der Waals surface area contributed by atoms with Crippen molar-refractivity contribution < 1.29 is 23.9 Å². The minimum Gasteiger partial charge on any atom is -0.465 e. The number of aromatic nitrogens is 2. The summed E-state index contributed by atoms with van der Waals surface area (Å²) >= 11 is 0. The zero-order valence-corrected chi connectivity index (χ0v) is 21.4. The molecule has 1 spiro atoms. The molecule has 0 unspecified atom stereocenters. The zero-order chi connectivity index (χ0) is 25.0. The summed E-state index contributed by atoms with van der Waals surface area (Å²) in [6.07, 6.45) is 5.33. The van der Waals surface area contributed by atoms with Crippen molar-refractivity contribution in [3.63, 3.8) is 0 Å². The number of rotatable bonds is 7. The van der Waals surface area contributed by atoms with Crippen molar-refractivity contribution in [1.29, 1.82) is 0 Å². The minimum absolute atomic E-state index is 0.0141. The molecule has 1 N–H and O–H groups in total. The Bertz CT molecular complexity index is 926. The molecule has 1 aromatic rings. The number of carbonyl (C=O) groups is 3. The number of hydrogen-bond acceptors (Lipinski definition) is 6. The molecule has 2 fully saturated rings. The topological polar surface area (TPSA) is 103 Å². The van der Waals surface area contributed by atoms with E-state index in [0.717, 1.165) is 49.4 Å². The molecule has 2 saturated heterocycles. The fourth-order valence-corrected chi connectivity index (χ4v) is 5.56. The maximum Gasteiger partial charge on any atom is 0.309 e. The smallest absolute Gasteiger partial charge is 0.309 e. The van der Waals surface area contributed by atoms with Gasteiger partial charge in [-0.3, -0.25) is 19.1 Å². The summed E-state index contributed by atoms with van der Waals surface area (Å²) in [5.41, 5.74) is 2.59. The molecule has 0 radical (unpaired) electrons. The van der Waals surface area contributed by atoms with E-state index in [4.69, 9.17) is 14.6 Å². The summed E-state index contributed by atoms with van der Waals surface area (Å²) in [6.45, 7) is 10.1. The number of amides is 2. The highest BCUT2D eigenvalue weighted by atomic mass is 16.5. The first kappa shape index (κ1) is 25.7. The van der Waals surface area contributed by atoms with Crippen LogP contribution in [-0.4, -0.2) is 71.9 Å². The number of ether oxygens (including phenoxy) is 2. The first-order chi connectivity index (χ1) is 16.8. The van der Waals surface area contributed by atoms with Gasteiger partial charge < -0.3 is 19.7 Å². The van der Waals surface area contributed by atoms with Gasteiger partial charge in [0, 0.05) is 51.7 Å². The predicted octanol–water partition coefficient (Wildman–Crippen LogP) is 2.36. The standard InChI is InChI=1S/C26H40N4O5/c1-4-20-22-21(16-26(17-27-23(22)31)8-14-34-15-9-26)30(28-20)10-5-13-35-25(33)19-6-11-29(12-7-19)24(32)18(2)3/h18-19H,4-17H2,1-3H3,(H,27,31). The predicted molar refractivity (Wildman–Crippen MR) is 130 cm³/mol. The second kappa shape index (κ2) is 11.1. The minimum atomic E-state index is -0.171. The molecule has 0 aliphatic carbocycles. The van der Waals surface area contributed by atoms with E-state index in [0.29, 0.717) is 58.5 Å². The van der Waals surface area contributed by atoms with Crippen LogP contribution in [-0.2, 0) is 38.4 Å². The summed E-state index contributed by atoms with van der Waals surface area (Å²) in [5, 5.41) is 7.91. The molecule has 4 rings (SSSR count). The zero-order valence-electron chi connectivity index (χ0n) is 21.4. The van der Waals surface area contributed by atoms with Gasteiger partial charge in [-0.25, -0.2) is 0 Å². The van der Waals surface area contributed by atoms with Crippen LogP contribution in [0.4, 0.5) is 0 Å². The summed E-state index contributed by atoms with van der Waals surface area (Å²) in [4.78, 5) is 39.5. The van der Waals surface area contributed by atoms with E-state index >= 15 is 0 Å². The maximum atomic E-state index is 12.9. The number of carbonyl (C=O) groups excluding carboxylic acids is 3. The van der Waals surface area contributed by atoms with Crippen molar-refractivity contribution in [2.24, 2.45) is 17.3 Å². The third-order valence-electron chi connectivity index (χ3n) is 7.80. The van der Waals surface area contributed by atoms with Gasteiger partial charge in [-0.05, 0) is 43.9 Å². The van der Waals surface area contributed by atoms with E-state index in [1.807, 2.05) is 30.4 Å². The van der Waals surface area contributed by atoms with Crippen molar-refractivity contribution in [2.75, 3.05) is 39.5 Å². The lowest BCUT2D eigenvalue weighted by molar-refractivity contribution is -0.152. The van der Waals surface area contributed by atoms with Gasteiger partial charge in [0.15, 0.2) is 0 Å². The summed E-state index contributed by atoms with van der Waals surface area (Å²) in [6, 6.07) is 0. The molecule has 0 aromatic carbocycles. The number of fused-ring (bicyclic) bond motifs is 1. The molecule has 9 heteroatoms. The summed E-state index contributed by atoms with van der Waals surface area (Å²) < 4.78 is 13.2. The highest BCUT2D eigenvalue weighted by Crippen LogP contribution is 2.37. The van der Waals surface area contributed by atoms with Crippen LogP contribution >= 0.6 is 0 Å². The molecule has 2 amide bonds. The van der Waals surface area contributed by atoms with Gasteiger partial charge in [-0.2, -0.15) is 5.10 Å². The fourth-order valence-electron chi connectivity index (χ4n) is 5.56. The van der Waals surface area contributed by atoms with Crippen LogP contribution in [0.15, 0.2) is 0 Å². The molecular weight excluding hydrogens is 448 g/mol. The Balaban J connectivity index is 1.32. The third kappa shape index (κ3) is 5.71. The lowest BCUT2D eigenvalue weighted by Gasteiger charge is -2.36. The van der Waals surface area contributed by atoms with Gasteiger partial charge in [0.05, 0.1) is 29.5 Å². The van der Waals surface area contributed by atoms with Gasteiger partial charge in [-0.1, -0.05) is 20.8 Å². The summed E-state index contributed by atoms with van der Waals surface area (Å²) in [7, 11) is 0. The van der Waals surface area contributed by atoms with Crippen LogP contribution in [0.1, 0.15) is 74.6 Å². The van der Waals surface area contributed by atoms with Crippen LogP contribution < -0.4 is 5.32 Å². The van der Waals surface area contributed by atoms with Crippen molar-refractivity contribution in [3.05, 3.63) is 17.0 Å². The number of likely N-dealkylation sites (tertiary alicyclic amines) is 1. The van der Waals surface area contributed by atoms with Gasteiger partial charge >= 0.3 is 5.97 Å². The Morgan fingerprint density at radius 2 is 1.94 bits per heavy atom. The van der Waals surface area contributed by atoms with E-state index < -0.39 is 0 Å². The first-order valence-corrected chi connectivity index (χ1v) is 13.2. The number of nitrogens with zero attached hydrogens (tertiary/aromatic N) is 3. The van der Waals surface area contributed by atoms with Crippen molar-refractivity contribution >= 4 is 17.8 Å². The van der Waals surface area contributed by atoms with E-state index in [-0.39, 0.29) is 35.0 Å². The second-order valence-electron chi connectivity index (χ2n) is 10.6. The quantitative estimate of drug-likeness (QED) is 0.467. The van der Waals surface area contributed by atoms with Crippen LogP contribution in [0.25, 0.3) is 0 Å². The normalized spacial score (nSPS) is 20.5. The van der Waals surface area contributed by atoms with E-state index in [1.54, 1.807) is 0 Å². The van der Waals surface area contributed by atoms with E-state index in [2.05, 4.69) is 5.32 Å². The number of nitrogens with one attached hydrogen (secondary N) is 1. The van der Waals surface area contributed by atoms with Gasteiger partial charge in [-0.15, -0.1) is 0 Å². The molecule has 1 aromatic heterocycles. The molecule has 0 atom stereocenters. The van der Waals surface area contributed by atoms with E-state index in [1.165, 1.54) is 0 Å². The molecule has 35 heavy (non-hydrogen) atoms. The van der Waals surface area contributed by atoms with Crippen LogP contribution in [0.2, 0.25) is 0 Å². The van der Waals surface area contributed by atoms with Crippen molar-refractivity contribution in [2.45, 2.75) is 72.3 Å². The molecule has 194 valence electrons. The SMILES string of the molecule is CCc1nn(CCCOC(=O)C2CCN(C(=O)C(C)C)CC2)c2c1C(=O)NCC1(CCOCC1)C2. The van der Waals surface area contributed by atoms with Crippen molar-refractivity contribution in [1.82, 2.24) is 20.0 Å². The summed E-state index contributed by atoms with van der Waals surface area (Å²) in [5.74, 6) is -0.207. The second-order valence-corrected chi connectivity index (χ2v) is 10.6. The molecule has 0 saturated carbocycles. The number of hydrogen-bond donors (Lipinski definition) is 1. The van der Waals surface area contributed by atoms with Gasteiger partial charge in [0.25, 0.3) is 5.91 Å². The van der Waals surface area contributed by atoms with Crippen LogP contribution in [0.5, 0.6) is 0 Å². The lowest BCUT2D eigenvalue weighted by atomic mass is 9.76. The Kier molecular flexibility index (Phi) is 8.14. The molecular formula is C26H40N4O5. The molecule has 3 aliphatic heterocycles. The molecule has 0 bridgehead atoms. The van der Waals surface area contributed by atoms with Crippen LogP contribution in [0, 0.1) is 17.3 Å². The number of piperidine rings is 1. The molecule has 3 aliphatic rings. The van der Waals surface area contributed by atoms with E-state index in [9.17, 15) is 14.4 Å². The Labute approximate surface area is 207 Å². The monoisotopic (exact) mass is 488 g/mol.